The fraction of sp³-hybridized carbons (Fsp3) is 0. The van der Waals surface area contributed by atoms with Gasteiger partial charge in [-0.2, -0.15) is 0 Å². The van der Waals surface area contributed by atoms with E-state index in [0.717, 1.165) is 0 Å². The van der Waals surface area contributed by atoms with Crippen molar-refractivity contribution in [3.8, 4) is 0 Å². The third kappa shape index (κ3) is 1.68. The lowest BCUT2D eigenvalue weighted by molar-refractivity contribution is 0.646. The summed E-state index contributed by atoms with van der Waals surface area (Å²) in [5.74, 6) is 0. The van der Waals surface area contributed by atoms with Gasteiger partial charge in [0.25, 0.3) is 0 Å². The molecule has 4 nitrogen and oxygen atoms in total. The molecule has 0 aliphatic heterocycles. The molecule has 0 amide bonds. The van der Waals surface area contributed by atoms with Crippen molar-refractivity contribution >= 4 is 43.9 Å². The van der Waals surface area contributed by atoms with E-state index in [1.807, 2.05) is 12.1 Å². The maximum Gasteiger partial charge on any atom is 0.200 e. The number of rotatable bonds is 0. The average Bonchev–Trinajstić information content (AvgIpc) is 2.61. The molecule has 3 aromatic carbocycles. The number of benzene rings is 3. The summed E-state index contributed by atoms with van der Waals surface area (Å²) in [6.07, 6.45) is 0. The van der Waals surface area contributed by atoms with Crippen molar-refractivity contribution in [3.63, 3.8) is 0 Å². The predicted octanol–water partition coefficient (Wildman–Crippen LogP) is 4.21. The Morgan fingerprint density at radius 2 is 0.958 bits per heavy atom. The Balaban J connectivity index is 2.05. The molecule has 0 saturated heterocycles. The third-order valence-electron chi connectivity index (χ3n) is 4.27. The summed E-state index contributed by atoms with van der Waals surface area (Å²) < 4.78 is 11.7. The van der Waals surface area contributed by atoms with E-state index in [4.69, 9.17) is 8.83 Å². The van der Waals surface area contributed by atoms with Gasteiger partial charge in [0.1, 0.15) is 22.3 Å². The molecule has 0 atom stereocenters. The second-order valence-electron chi connectivity index (χ2n) is 5.70. The van der Waals surface area contributed by atoms with Crippen LogP contribution in [0.3, 0.4) is 0 Å². The fourth-order valence-electron chi connectivity index (χ4n) is 3.10. The first-order chi connectivity index (χ1) is 11.7. The Morgan fingerprint density at radius 1 is 0.500 bits per heavy atom. The summed E-state index contributed by atoms with van der Waals surface area (Å²) in [5.41, 5.74) is 1.53. The topological polar surface area (TPSA) is 60.4 Å². The van der Waals surface area contributed by atoms with Gasteiger partial charge in [-0.25, -0.2) is 0 Å². The second kappa shape index (κ2) is 4.55. The van der Waals surface area contributed by atoms with Crippen molar-refractivity contribution in [1.29, 1.82) is 0 Å². The quantitative estimate of drug-likeness (QED) is 0.402. The molecule has 0 saturated carbocycles. The molecular formula is C20H10O4. The largest absolute Gasteiger partial charge is 0.456 e. The Kier molecular flexibility index (Phi) is 2.48. The van der Waals surface area contributed by atoms with E-state index in [-0.39, 0.29) is 10.9 Å². The average molecular weight is 314 g/mol. The summed E-state index contributed by atoms with van der Waals surface area (Å²) in [4.78, 5) is 25.4. The van der Waals surface area contributed by atoms with E-state index in [0.29, 0.717) is 43.9 Å². The molecule has 5 aromatic rings. The molecule has 0 N–H and O–H groups in total. The van der Waals surface area contributed by atoms with Crippen molar-refractivity contribution in [2.45, 2.75) is 0 Å². The molecule has 4 heteroatoms. The first-order valence-corrected chi connectivity index (χ1v) is 7.53. The normalized spacial score (nSPS) is 11.7. The predicted molar refractivity (Wildman–Crippen MR) is 93.5 cm³/mol. The Labute approximate surface area is 134 Å². The summed E-state index contributed by atoms with van der Waals surface area (Å²) >= 11 is 0. The van der Waals surface area contributed by atoms with Gasteiger partial charge in [-0.15, -0.1) is 0 Å². The van der Waals surface area contributed by atoms with Crippen LogP contribution in [0.2, 0.25) is 0 Å². The molecule has 114 valence electrons. The third-order valence-corrected chi connectivity index (χ3v) is 4.27. The Bertz CT molecular complexity index is 1290. The van der Waals surface area contributed by atoms with E-state index in [2.05, 4.69) is 0 Å². The van der Waals surface area contributed by atoms with Crippen LogP contribution < -0.4 is 10.9 Å². The highest BCUT2D eigenvalue weighted by molar-refractivity contribution is 6.00. The first-order valence-electron chi connectivity index (χ1n) is 7.53. The van der Waals surface area contributed by atoms with Gasteiger partial charge in [0, 0.05) is 6.07 Å². The van der Waals surface area contributed by atoms with E-state index < -0.39 is 0 Å². The molecule has 0 fully saturated rings. The molecule has 0 aliphatic rings. The Morgan fingerprint density at radius 3 is 1.46 bits per heavy atom. The monoisotopic (exact) mass is 314 g/mol. The van der Waals surface area contributed by atoms with Crippen molar-refractivity contribution < 1.29 is 8.83 Å². The van der Waals surface area contributed by atoms with Crippen molar-refractivity contribution in [2.24, 2.45) is 0 Å². The second-order valence-corrected chi connectivity index (χ2v) is 5.70. The van der Waals surface area contributed by atoms with Crippen LogP contribution in [0.5, 0.6) is 0 Å². The smallest absolute Gasteiger partial charge is 0.200 e. The number of hydrogen-bond acceptors (Lipinski definition) is 4. The molecule has 0 unspecified atom stereocenters. The van der Waals surface area contributed by atoms with E-state index >= 15 is 0 Å². The minimum absolute atomic E-state index is 0.152. The van der Waals surface area contributed by atoms with Crippen LogP contribution in [-0.4, -0.2) is 0 Å². The van der Waals surface area contributed by atoms with Gasteiger partial charge in [-0.05, 0) is 30.3 Å². The van der Waals surface area contributed by atoms with Crippen LogP contribution in [0.15, 0.2) is 79.1 Å². The molecule has 2 aromatic heterocycles. The van der Waals surface area contributed by atoms with Gasteiger partial charge < -0.3 is 8.83 Å². The molecule has 0 radical (unpaired) electrons. The fourth-order valence-corrected chi connectivity index (χ4v) is 3.10. The molecule has 0 aliphatic carbocycles. The lowest BCUT2D eigenvalue weighted by atomic mass is 10.1. The SMILES string of the molecule is O=c1c2ccccc2oc2cc3oc4ccccc4c(=O)c3cc12. The van der Waals surface area contributed by atoms with Gasteiger partial charge in [0.05, 0.1) is 21.5 Å². The summed E-state index contributed by atoms with van der Waals surface area (Å²) in [5, 5.41) is 1.75. The van der Waals surface area contributed by atoms with E-state index in [1.165, 1.54) is 0 Å². The van der Waals surface area contributed by atoms with Gasteiger partial charge >= 0.3 is 0 Å². The van der Waals surface area contributed by atoms with Crippen molar-refractivity contribution in [2.75, 3.05) is 0 Å². The first kappa shape index (κ1) is 13.1. The molecule has 24 heavy (non-hydrogen) atoms. The van der Waals surface area contributed by atoms with Gasteiger partial charge in [-0.3, -0.25) is 9.59 Å². The van der Waals surface area contributed by atoms with Gasteiger partial charge in [-0.1, -0.05) is 24.3 Å². The van der Waals surface area contributed by atoms with Gasteiger partial charge in [0.15, 0.2) is 0 Å². The van der Waals surface area contributed by atoms with E-state index in [9.17, 15) is 9.59 Å². The number of fused-ring (bicyclic) bond motifs is 4. The molecule has 0 bridgehead atoms. The summed E-state index contributed by atoms with van der Waals surface area (Å²) in [6, 6.07) is 17.3. The zero-order valence-electron chi connectivity index (χ0n) is 12.4. The highest BCUT2D eigenvalue weighted by Gasteiger charge is 2.13. The maximum atomic E-state index is 12.7. The zero-order valence-corrected chi connectivity index (χ0v) is 12.4. The van der Waals surface area contributed by atoms with Crippen LogP contribution in [0.4, 0.5) is 0 Å². The number of para-hydroxylation sites is 2. The minimum atomic E-state index is -0.152. The van der Waals surface area contributed by atoms with Gasteiger partial charge in [0.2, 0.25) is 10.9 Å². The molecule has 0 spiro atoms. The summed E-state index contributed by atoms with van der Waals surface area (Å²) in [6.45, 7) is 0. The highest BCUT2D eigenvalue weighted by Crippen LogP contribution is 2.25. The maximum absolute atomic E-state index is 12.7. The van der Waals surface area contributed by atoms with Crippen LogP contribution in [0.1, 0.15) is 0 Å². The van der Waals surface area contributed by atoms with Crippen molar-refractivity contribution in [3.05, 3.63) is 81.1 Å². The molecular weight excluding hydrogens is 304 g/mol. The number of hydrogen-bond donors (Lipinski definition) is 0. The Hall–Kier alpha value is -3.40. The van der Waals surface area contributed by atoms with Crippen LogP contribution in [0.25, 0.3) is 43.9 Å². The van der Waals surface area contributed by atoms with Crippen LogP contribution in [0, 0.1) is 0 Å². The van der Waals surface area contributed by atoms with E-state index in [1.54, 1.807) is 48.5 Å². The van der Waals surface area contributed by atoms with Crippen molar-refractivity contribution in [1.82, 2.24) is 0 Å². The van der Waals surface area contributed by atoms with Crippen LogP contribution in [-0.2, 0) is 0 Å². The lowest BCUT2D eigenvalue weighted by Crippen LogP contribution is -2.06. The summed E-state index contributed by atoms with van der Waals surface area (Å²) in [7, 11) is 0. The zero-order chi connectivity index (χ0) is 16.3. The highest BCUT2D eigenvalue weighted by atomic mass is 16.3. The lowest BCUT2D eigenvalue weighted by Gasteiger charge is -2.04. The standard InChI is InChI=1S/C20H10O4/c21-19-11-5-1-3-7-15(11)23-17-10-18-14(9-13(17)19)20(22)12-6-2-4-8-16(12)24-18/h1-10H. The molecule has 2 heterocycles. The minimum Gasteiger partial charge on any atom is -0.456 e. The van der Waals surface area contributed by atoms with Crippen LogP contribution >= 0.6 is 0 Å². The molecule has 5 rings (SSSR count).